The Morgan fingerprint density at radius 3 is 2.12 bits per heavy atom. The normalized spacial score (nSPS) is 8.62. The van der Waals surface area contributed by atoms with E-state index in [1.54, 1.807) is 0 Å². The van der Waals surface area contributed by atoms with Gasteiger partial charge in [0.15, 0.2) is 0 Å². The van der Waals surface area contributed by atoms with E-state index in [9.17, 15) is 0 Å². The fraction of sp³-hybridized carbons (Fsp3) is 0.400. The Balaban J connectivity index is 0.000000509. The molecular weight excluding hydrogens is 194 g/mol. The lowest BCUT2D eigenvalue weighted by Crippen LogP contribution is -1.81. The lowest BCUT2D eigenvalue weighted by molar-refractivity contribution is 1.30. The van der Waals surface area contributed by atoms with Gasteiger partial charge in [0.2, 0.25) is 0 Å². The van der Waals surface area contributed by atoms with Gasteiger partial charge in [-0.15, -0.1) is 0 Å². The van der Waals surface area contributed by atoms with Gasteiger partial charge in [-0.05, 0) is 24.8 Å². The summed E-state index contributed by atoms with van der Waals surface area (Å²) in [6.07, 6.45) is 3.81. The molecule has 16 heavy (non-hydrogen) atoms. The summed E-state index contributed by atoms with van der Waals surface area (Å²) in [7, 11) is 0. The summed E-state index contributed by atoms with van der Waals surface area (Å²) < 4.78 is 0. The number of nitrogens with zero attached hydrogens (tertiary/aromatic N) is 1. The molecule has 2 rings (SSSR count). The fourth-order valence-electron chi connectivity index (χ4n) is 1.42. The van der Waals surface area contributed by atoms with Gasteiger partial charge in [0.05, 0.1) is 0 Å². The highest BCUT2D eigenvalue weighted by Crippen LogP contribution is 2.17. The maximum Gasteiger partial charge on any atom is 0.0346 e. The molecule has 1 heteroatoms. The first-order valence-corrected chi connectivity index (χ1v) is 6.08. The molecule has 1 aromatic heterocycles. The van der Waals surface area contributed by atoms with Crippen LogP contribution in [0.4, 0.5) is 0 Å². The van der Waals surface area contributed by atoms with E-state index in [0.29, 0.717) is 0 Å². The van der Waals surface area contributed by atoms with Gasteiger partial charge in [-0.25, -0.2) is 0 Å². The van der Waals surface area contributed by atoms with Crippen LogP contribution < -0.4 is 0 Å². The minimum absolute atomic E-state index is 1.22. The summed E-state index contributed by atoms with van der Waals surface area (Å²) in [5.74, 6) is 0. The van der Waals surface area contributed by atoms with Crippen LogP contribution in [0.25, 0.3) is 10.8 Å². The Morgan fingerprint density at radius 1 is 0.875 bits per heavy atom. The smallest absolute Gasteiger partial charge is 0.0346 e. The first-order chi connectivity index (χ1) is 7.77. The number of rotatable bonds is 0. The number of hydrogen-bond donors (Lipinski definition) is 0. The highest BCUT2D eigenvalue weighted by Gasteiger charge is 1.95. The van der Waals surface area contributed by atoms with Gasteiger partial charge in [-0.2, -0.15) is 0 Å². The van der Waals surface area contributed by atoms with Crippen LogP contribution in [0.5, 0.6) is 0 Å². The molecule has 0 aliphatic heterocycles. The van der Waals surface area contributed by atoms with Crippen LogP contribution in [0.3, 0.4) is 0 Å². The van der Waals surface area contributed by atoms with Crippen LogP contribution >= 0.6 is 0 Å². The second kappa shape index (κ2) is 7.86. The van der Waals surface area contributed by atoms with E-state index in [1.807, 2.05) is 40.1 Å². The summed E-state index contributed by atoms with van der Waals surface area (Å²) in [5, 5.41) is 2.53. The zero-order valence-electron chi connectivity index (χ0n) is 11.3. The summed E-state index contributed by atoms with van der Waals surface area (Å²) in [5.41, 5.74) is 2.55. The van der Waals surface area contributed by atoms with Gasteiger partial charge in [0.1, 0.15) is 0 Å². The molecule has 0 unspecified atom stereocenters. The maximum atomic E-state index is 4.14. The molecule has 0 atom stereocenters. The maximum absolute atomic E-state index is 4.14. The highest BCUT2D eigenvalue weighted by atomic mass is 14.6. The van der Waals surface area contributed by atoms with Crippen molar-refractivity contribution in [1.82, 2.24) is 4.98 Å². The van der Waals surface area contributed by atoms with Gasteiger partial charge >= 0.3 is 0 Å². The summed E-state index contributed by atoms with van der Waals surface area (Å²) in [6, 6.07) is 6.43. The summed E-state index contributed by atoms with van der Waals surface area (Å²) in [4.78, 5) is 4.14. The number of benzene rings is 1. The molecule has 0 saturated carbocycles. The number of aromatic nitrogens is 1. The van der Waals surface area contributed by atoms with Crippen LogP contribution in [0.2, 0.25) is 0 Å². The van der Waals surface area contributed by atoms with E-state index in [1.165, 1.54) is 21.9 Å². The molecule has 1 nitrogen and oxygen atoms in total. The molecule has 2 aromatic rings. The molecule has 0 aliphatic rings. The van der Waals surface area contributed by atoms with Gasteiger partial charge in [-0.1, -0.05) is 51.5 Å². The third-order valence-electron chi connectivity index (χ3n) is 2.12. The summed E-state index contributed by atoms with van der Waals surface area (Å²) >= 11 is 0. The van der Waals surface area contributed by atoms with Crippen molar-refractivity contribution in [2.24, 2.45) is 0 Å². The third kappa shape index (κ3) is 3.65. The topological polar surface area (TPSA) is 12.9 Å². The van der Waals surface area contributed by atoms with Crippen LogP contribution in [0.1, 0.15) is 38.8 Å². The van der Waals surface area contributed by atoms with Crippen molar-refractivity contribution in [1.29, 1.82) is 0 Å². The Morgan fingerprint density at radius 2 is 1.50 bits per heavy atom. The molecule has 0 fully saturated rings. The fourth-order valence-corrected chi connectivity index (χ4v) is 1.42. The first-order valence-electron chi connectivity index (χ1n) is 6.08. The zero-order chi connectivity index (χ0) is 12.6. The molecule has 88 valence electrons. The van der Waals surface area contributed by atoms with Crippen molar-refractivity contribution in [3.63, 3.8) is 0 Å². The Kier molecular flexibility index (Phi) is 7.19. The predicted octanol–water partition coefficient (Wildman–Crippen LogP) is 4.90. The number of aryl methyl sites for hydroxylation is 2. The number of pyridine rings is 1. The van der Waals surface area contributed by atoms with Gasteiger partial charge in [0.25, 0.3) is 0 Å². The average molecular weight is 217 g/mol. The zero-order valence-corrected chi connectivity index (χ0v) is 11.3. The minimum atomic E-state index is 1.22. The molecular formula is C15H23N. The van der Waals surface area contributed by atoms with E-state index in [-0.39, 0.29) is 0 Å². The SMILES string of the molecule is CC.CC.Cc1ccc2cncc(C)c2c1. The predicted molar refractivity (Wildman–Crippen MR) is 73.9 cm³/mol. The van der Waals surface area contributed by atoms with Gasteiger partial charge in [0, 0.05) is 17.8 Å². The first kappa shape index (κ1) is 14.6. The Bertz CT molecular complexity index is 419. The van der Waals surface area contributed by atoms with Gasteiger partial charge in [-0.3, -0.25) is 4.98 Å². The minimum Gasteiger partial charge on any atom is -0.264 e. The van der Waals surface area contributed by atoms with Crippen LogP contribution in [0, 0.1) is 13.8 Å². The quantitative estimate of drug-likeness (QED) is 0.611. The van der Waals surface area contributed by atoms with Crippen molar-refractivity contribution >= 4 is 10.8 Å². The van der Waals surface area contributed by atoms with Crippen LogP contribution in [-0.4, -0.2) is 4.98 Å². The molecule has 0 bridgehead atoms. The van der Waals surface area contributed by atoms with E-state index in [2.05, 4.69) is 37.0 Å². The number of fused-ring (bicyclic) bond motifs is 1. The van der Waals surface area contributed by atoms with Crippen molar-refractivity contribution in [2.75, 3.05) is 0 Å². The largest absolute Gasteiger partial charge is 0.264 e. The lowest BCUT2D eigenvalue weighted by atomic mass is 10.1. The highest BCUT2D eigenvalue weighted by molar-refractivity contribution is 5.85. The van der Waals surface area contributed by atoms with Gasteiger partial charge < -0.3 is 0 Å². The van der Waals surface area contributed by atoms with Crippen molar-refractivity contribution in [3.05, 3.63) is 41.7 Å². The average Bonchev–Trinajstić information content (AvgIpc) is 2.35. The molecule has 0 saturated heterocycles. The van der Waals surface area contributed by atoms with Crippen molar-refractivity contribution < 1.29 is 0 Å². The van der Waals surface area contributed by atoms with Crippen LogP contribution in [-0.2, 0) is 0 Å². The lowest BCUT2D eigenvalue weighted by Gasteiger charge is -2.01. The van der Waals surface area contributed by atoms with E-state index in [0.717, 1.165) is 0 Å². The molecule has 0 amide bonds. The van der Waals surface area contributed by atoms with Crippen molar-refractivity contribution in [2.45, 2.75) is 41.5 Å². The van der Waals surface area contributed by atoms with Crippen molar-refractivity contribution in [3.8, 4) is 0 Å². The molecule has 1 heterocycles. The van der Waals surface area contributed by atoms with E-state index in [4.69, 9.17) is 0 Å². The molecule has 0 spiro atoms. The summed E-state index contributed by atoms with van der Waals surface area (Å²) in [6.45, 7) is 12.2. The monoisotopic (exact) mass is 217 g/mol. The number of hydrogen-bond acceptors (Lipinski definition) is 1. The third-order valence-corrected chi connectivity index (χ3v) is 2.12. The molecule has 0 aliphatic carbocycles. The standard InChI is InChI=1S/C11H11N.2C2H6/c1-8-3-4-10-7-12-6-9(2)11(10)5-8;2*1-2/h3-7H,1-2H3;2*1-2H3. The molecule has 1 aromatic carbocycles. The molecule has 0 N–H and O–H groups in total. The molecule has 0 radical (unpaired) electrons. The van der Waals surface area contributed by atoms with Crippen LogP contribution in [0.15, 0.2) is 30.6 Å². The van der Waals surface area contributed by atoms with E-state index < -0.39 is 0 Å². The van der Waals surface area contributed by atoms with E-state index >= 15 is 0 Å². The second-order valence-electron chi connectivity index (χ2n) is 3.18. The second-order valence-corrected chi connectivity index (χ2v) is 3.18. The Labute approximate surface area is 99.5 Å². The Hall–Kier alpha value is -1.37.